The van der Waals surface area contributed by atoms with Gasteiger partial charge in [-0.25, -0.2) is 4.79 Å². The van der Waals surface area contributed by atoms with Crippen molar-refractivity contribution in [2.75, 3.05) is 13.2 Å². The number of hydrogen-bond acceptors (Lipinski definition) is 3. The van der Waals surface area contributed by atoms with Gasteiger partial charge in [0.1, 0.15) is 0 Å². The van der Waals surface area contributed by atoms with Crippen LogP contribution in [0.5, 0.6) is 0 Å². The highest BCUT2D eigenvalue weighted by atomic mass is 16.5. The van der Waals surface area contributed by atoms with Crippen molar-refractivity contribution in [1.29, 1.82) is 0 Å². The molecule has 0 heterocycles. The largest absolute Gasteiger partial charge is 0.463 e. The molecule has 104 valence electrons. The standard InChI is InChI=1S/C14H25NO3/c1-3-5-6-7-8-9-12-15-13(16)10-11-14(17)18-4-2/h10-11H,3-9,12H2,1-2H3,(H,15,16)/b11-10-. The van der Waals surface area contributed by atoms with Crippen LogP contribution < -0.4 is 5.32 Å². The monoisotopic (exact) mass is 255 g/mol. The number of hydrogen-bond donors (Lipinski definition) is 1. The van der Waals surface area contributed by atoms with Crippen LogP contribution in [0.25, 0.3) is 0 Å². The van der Waals surface area contributed by atoms with Crippen molar-refractivity contribution in [3.63, 3.8) is 0 Å². The molecule has 0 radical (unpaired) electrons. The number of rotatable bonds is 10. The van der Waals surface area contributed by atoms with Gasteiger partial charge >= 0.3 is 5.97 Å². The molecule has 0 atom stereocenters. The van der Waals surface area contributed by atoms with E-state index in [0.29, 0.717) is 13.2 Å². The van der Waals surface area contributed by atoms with Gasteiger partial charge in [-0.3, -0.25) is 4.79 Å². The number of carbonyl (C=O) groups is 2. The van der Waals surface area contributed by atoms with Gasteiger partial charge in [0.15, 0.2) is 0 Å². The second-order valence-electron chi connectivity index (χ2n) is 4.14. The minimum atomic E-state index is -0.479. The molecular weight excluding hydrogens is 230 g/mol. The fourth-order valence-corrected chi connectivity index (χ4v) is 1.51. The third-order valence-corrected chi connectivity index (χ3v) is 2.49. The van der Waals surface area contributed by atoms with Crippen LogP contribution in [0.3, 0.4) is 0 Å². The molecule has 0 spiro atoms. The van der Waals surface area contributed by atoms with Crippen molar-refractivity contribution in [3.05, 3.63) is 12.2 Å². The van der Waals surface area contributed by atoms with Gasteiger partial charge in [-0.2, -0.15) is 0 Å². The Morgan fingerprint density at radius 3 is 2.33 bits per heavy atom. The van der Waals surface area contributed by atoms with Crippen LogP contribution in [0.4, 0.5) is 0 Å². The van der Waals surface area contributed by atoms with Gasteiger partial charge in [-0.15, -0.1) is 0 Å². The number of unbranched alkanes of at least 4 members (excludes halogenated alkanes) is 5. The first kappa shape index (κ1) is 16.7. The van der Waals surface area contributed by atoms with E-state index in [1.807, 2.05) is 0 Å². The SMILES string of the molecule is CCCCCCCCNC(=O)/C=C\C(=O)OCC. The second kappa shape index (κ2) is 12.1. The van der Waals surface area contributed by atoms with E-state index < -0.39 is 5.97 Å². The first-order valence-corrected chi connectivity index (χ1v) is 6.83. The summed E-state index contributed by atoms with van der Waals surface area (Å²) in [7, 11) is 0. The lowest BCUT2D eigenvalue weighted by Crippen LogP contribution is -2.22. The molecule has 0 saturated carbocycles. The Hall–Kier alpha value is -1.32. The summed E-state index contributed by atoms with van der Waals surface area (Å²) in [5.41, 5.74) is 0. The summed E-state index contributed by atoms with van der Waals surface area (Å²) < 4.78 is 4.67. The highest BCUT2D eigenvalue weighted by molar-refractivity contribution is 5.94. The first-order chi connectivity index (χ1) is 8.70. The Bertz CT molecular complexity index is 262. The van der Waals surface area contributed by atoms with Crippen molar-refractivity contribution in [2.45, 2.75) is 52.4 Å². The molecular formula is C14H25NO3. The average molecular weight is 255 g/mol. The maximum absolute atomic E-state index is 11.3. The zero-order valence-electron chi connectivity index (χ0n) is 11.5. The summed E-state index contributed by atoms with van der Waals surface area (Å²) in [5.74, 6) is -0.719. The molecule has 0 aliphatic carbocycles. The Balaban J connectivity index is 3.45. The zero-order valence-corrected chi connectivity index (χ0v) is 11.5. The van der Waals surface area contributed by atoms with Crippen LogP contribution in [-0.2, 0) is 14.3 Å². The minimum Gasteiger partial charge on any atom is -0.463 e. The Morgan fingerprint density at radius 2 is 1.67 bits per heavy atom. The summed E-state index contributed by atoms with van der Waals surface area (Å²) in [6.45, 7) is 4.90. The molecule has 0 aromatic rings. The number of amides is 1. The number of nitrogens with one attached hydrogen (secondary N) is 1. The predicted molar refractivity (Wildman–Crippen MR) is 72.2 cm³/mol. The van der Waals surface area contributed by atoms with E-state index in [1.54, 1.807) is 6.92 Å². The molecule has 0 aromatic heterocycles. The first-order valence-electron chi connectivity index (χ1n) is 6.83. The van der Waals surface area contributed by atoms with Gasteiger partial charge in [0.05, 0.1) is 6.61 Å². The average Bonchev–Trinajstić information content (AvgIpc) is 2.35. The van der Waals surface area contributed by atoms with Gasteiger partial charge in [0, 0.05) is 18.7 Å². The summed E-state index contributed by atoms with van der Waals surface area (Å²) >= 11 is 0. The van der Waals surface area contributed by atoms with Crippen molar-refractivity contribution in [3.8, 4) is 0 Å². The van der Waals surface area contributed by atoms with Crippen LogP contribution in [0.15, 0.2) is 12.2 Å². The maximum Gasteiger partial charge on any atom is 0.330 e. The van der Waals surface area contributed by atoms with Crippen molar-refractivity contribution >= 4 is 11.9 Å². The van der Waals surface area contributed by atoms with Gasteiger partial charge in [-0.05, 0) is 13.3 Å². The highest BCUT2D eigenvalue weighted by Crippen LogP contribution is 2.03. The quantitative estimate of drug-likeness (QED) is 0.371. The number of ether oxygens (including phenoxy) is 1. The topological polar surface area (TPSA) is 55.4 Å². The molecule has 4 nitrogen and oxygen atoms in total. The second-order valence-corrected chi connectivity index (χ2v) is 4.14. The van der Waals surface area contributed by atoms with E-state index in [2.05, 4.69) is 17.0 Å². The smallest absolute Gasteiger partial charge is 0.330 e. The van der Waals surface area contributed by atoms with E-state index in [4.69, 9.17) is 0 Å². The van der Waals surface area contributed by atoms with Gasteiger partial charge in [-0.1, -0.05) is 39.0 Å². The Morgan fingerprint density at radius 1 is 1.00 bits per heavy atom. The van der Waals surface area contributed by atoms with Crippen LogP contribution >= 0.6 is 0 Å². The molecule has 0 unspecified atom stereocenters. The molecule has 18 heavy (non-hydrogen) atoms. The maximum atomic E-state index is 11.3. The van der Waals surface area contributed by atoms with E-state index >= 15 is 0 Å². The van der Waals surface area contributed by atoms with Crippen LogP contribution in [-0.4, -0.2) is 25.0 Å². The molecule has 0 saturated heterocycles. The van der Waals surface area contributed by atoms with Crippen LogP contribution in [0.1, 0.15) is 52.4 Å². The number of esters is 1. The van der Waals surface area contributed by atoms with Crippen molar-refractivity contribution in [1.82, 2.24) is 5.32 Å². The van der Waals surface area contributed by atoms with Gasteiger partial charge < -0.3 is 10.1 Å². The lowest BCUT2D eigenvalue weighted by Gasteiger charge is -2.02. The van der Waals surface area contributed by atoms with E-state index in [1.165, 1.54) is 31.8 Å². The lowest BCUT2D eigenvalue weighted by molar-refractivity contribution is -0.137. The molecule has 4 heteroatoms. The molecule has 0 fully saturated rings. The lowest BCUT2D eigenvalue weighted by atomic mass is 10.1. The Kier molecular flexibility index (Phi) is 11.3. The van der Waals surface area contributed by atoms with E-state index in [9.17, 15) is 9.59 Å². The summed E-state index contributed by atoms with van der Waals surface area (Å²) in [6, 6.07) is 0. The fraction of sp³-hybridized carbons (Fsp3) is 0.714. The fourth-order valence-electron chi connectivity index (χ4n) is 1.51. The molecule has 0 aliphatic rings. The van der Waals surface area contributed by atoms with Crippen molar-refractivity contribution < 1.29 is 14.3 Å². The van der Waals surface area contributed by atoms with Gasteiger partial charge in [0.25, 0.3) is 0 Å². The summed E-state index contributed by atoms with van der Waals surface area (Å²) in [5, 5.41) is 2.74. The number of carbonyl (C=O) groups excluding carboxylic acids is 2. The minimum absolute atomic E-state index is 0.239. The summed E-state index contributed by atoms with van der Waals surface area (Å²) in [6.07, 6.45) is 9.53. The summed E-state index contributed by atoms with van der Waals surface area (Å²) in [4.78, 5) is 22.2. The van der Waals surface area contributed by atoms with Crippen LogP contribution in [0, 0.1) is 0 Å². The van der Waals surface area contributed by atoms with Crippen LogP contribution in [0.2, 0.25) is 0 Å². The predicted octanol–water partition coefficient (Wildman–Crippen LogP) is 2.58. The van der Waals surface area contributed by atoms with E-state index in [-0.39, 0.29) is 5.91 Å². The zero-order chi connectivity index (χ0) is 13.6. The Labute approximate surface area is 110 Å². The molecule has 0 rings (SSSR count). The highest BCUT2D eigenvalue weighted by Gasteiger charge is 1.98. The molecule has 0 aromatic carbocycles. The van der Waals surface area contributed by atoms with Gasteiger partial charge in [0.2, 0.25) is 5.91 Å². The normalized spacial score (nSPS) is 10.6. The third-order valence-electron chi connectivity index (χ3n) is 2.49. The third kappa shape index (κ3) is 11.2. The molecule has 0 aliphatic heterocycles. The molecule has 1 amide bonds. The molecule has 0 bridgehead atoms. The van der Waals surface area contributed by atoms with E-state index in [0.717, 1.165) is 18.9 Å². The van der Waals surface area contributed by atoms with Crippen molar-refractivity contribution in [2.24, 2.45) is 0 Å². The molecule has 1 N–H and O–H groups in total.